The van der Waals surface area contributed by atoms with E-state index in [1.54, 1.807) is 0 Å². The molecule has 0 bridgehead atoms. The summed E-state index contributed by atoms with van der Waals surface area (Å²) in [6.07, 6.45) is -0.162. The summed E-state index contributed by atoms with van der Waals surface area (Å²) in [5.74, 6) is -1.07. The molecule has 6 nitrogen and oxygen atoms in total. The molecule has 0 spiro atoms. The number of ether oxygens (including phenoxy) is 1. The number of aromatic nitrogens is 1. The van der Waals surface area contributed by atoms with Crippen molar-refractivity contribution in [2.24, 2.45) is 0 Å². The summed E-state index contributed by atoms with van der Waals surface area (Å²) in [7, 11) is 0. The van der Waals surface area contributed by atoms with Crippen LogP contribution in [0.3, 0.4) is 0 Å². The number of alkyl halides is 3. The predicted octanol–water partition coefficient (Wildman–Crippen LogP) is 3.26. The maximum Gasteiger partial charge on any atom is 0.416 e. The predicted molar refractivity (Wildman–Crippen MR) is 94.9 cm³/mol. The van der Waals surface area contributed by atoms with E-state index in [4.69, 9.17) is 4.74 Å². The van der Waals surface area contributed by atoms with Crippen molar-refractivity contribution >= 4 is 17.5 Å². The van der Waals surface area contributed by atoms with E-state index in [2.05, 4.69) is 15.6 Å². The van der Waals surface area contributed by atoms with Gasteiger partial charge in [-0.1, -0.05) is 6.07 Å². The SMILES string of the molecule is O=C(NCC1CCCO1)c1cncc(C(=O)Nc2cccc(C(F)(F)F)c2)c1. The van der Waals surface area contributed by atoms with Crippen LogP contribution in [0.2, 0.25) is 0 Å². The first-order chi connectivity index (χ1) is 13.3. The average molecular weight is 393 g/mol. The molecule has 2 N–H and O–H groups in total. The van der Waals surface area contributed by atoms with Crippen molar-refractivity contribution in [1.82, 2.24) is 10.3 Å². The van der Waals surface area contributed by atoms with Crippen LogP contribution < -0.4 is 10.6 Å². The molecule has 1 saturated heterocycles. The number of carbonyl (C=O) groups is 2. The van der Waals surface area contributed by atoms with Crippen LogP contribution in [-0.4, -0.2) is 36.1 Å². The first kappa shape index (κ1) is 19.8. The number of hydrogen-bond acceptors (Lipinski definition) is 4. The summed E-state index contributed by atoms with van der Waals surface area (Å²) in [6, 6.07) is 5.63. The van der Waals surface area contributed by atoms with Crippen LogP contribution in [0.1, 0.15) is 39.1 Å². The lowest BCUT2D eigenvalue weighted by atomic mass is 10.1. The quantitative estimate of drug-likeness (QED) is 0.817. The highest BCUT2D eigenvalue weighted by Gasteiger charge is 2.30. The normalized spacial score (nSPS) is 16.6. The average Bonchev–Trinajstić information content (AvgIpc) is 3.19. The van der Waals surface area contributed by atoms with E-state index in [1.165, 1.54) is 30.6 Å². The number of benzene rings is 1. The Hall–Kier alpha value is -2.94. The zero-order chi connectivity index (χ0) is 20.1. The van der Waals surface area contributed by atoms with Crippen molar-refractivity contribution in [2.75, 3.05) is 18.5 Å². The van der Waals surface area contributed by atoms with Crippen molar-refractivity contribution < 1.29 is 27.5 Å². The maximum absolute atomic E-state index is 12.8. The third-order valence-electron chi connectivity index (χ3n) is 4.22. The fourth-order valence-electron chi connectivity index (χ4n) is 2.78. The van der Waals surface area contributed by atoms with Crippen LogP contribution in [0.25, 0.3) is 0 Å². The second kappa shape index (κ2) is 8.39. The van der Waals surface area contributed by atoms with Gasteiger partial charge in [0.05, 0.1) is 22.8 Å². The van der Waals surface area contributed by atoms with E-state index >= 15 is 0 Å². The van der Waals surface area contributed by atoms with Gasteiger partial charge in [0.15, 0.2) is 0 Å². The van der Waals surface area contributed by atoms with Crippen molar-refractivity contribution in [2.45, 2.75) is 25.1 Å². The molecule has 148 valence electrons. The second-order valence-electron chi connectivity index (χ2n) is 6.34. The highest BCUT2D eigenvalue weighted by molar-refractivity contribution is 6.05. The molecule has 0 saturated carbocycles. The number of amides is 2. The van der Waals surface area contributed by atoms with E-state index in [-0.39, 0.29) is 22.9 Å². The zero-order valence-corrected chi connectivity index (χ0v) is 14.8. The highest BCUT2D eigenvalue weighted by Crippen LogP contribution is 2.30. The zero-order valence-electron chi connectivity index (χ0n) is 14.8. The molecule has 2 heterocycles. The van der Waals surface area contributed by atoms with Gasteiger partial charge in [0.1, 0.15) is 0 Å². The number of pyridine rings is 1. The maximum atomic E-state index is 12.8. The Bertz CT molecular complexity index is 865. The molecule has 28 heavy (non-hydrogen) atoms. The van der Waals surface area contributed by atoms with Gasteiger partial charge in [-0.15, -0.1) is 0 Å². The van der Waals surface area contributed by atoms with E-state index in [9.17, 15) is 22.8 Å². The van der Waals surface area contributed by atoms with Gasteiger partial charge in [-0.05, 0) is 37.1 Å². The molecule has 0 aliphatic carbocycles. The Morgan fingerprint density at radius 3 is 2.57 bits per heavy atom. The van der Waals surface area contributed by atoms with E-state index < -0.39 is 23.6 Å². The fraction of sp³-hybridized carbons (Fsp3) is 0.316. The molecule has 1 aliphatic heterocycles. The van der Waals surface area contributed by atoms with Crippen LogP contribution in [0, 0.1) is 0 Å². The number of carbonyl (C=O) groups excluding carboxylic acids is 2. The molecular weight excluding hydrogens is 375 g/mol. The summed E-state index contributed by atoms with van der Waals surface area (Å²) in [5, 5.41) is 5.10. The molecule has 1 aliphatic rings. The summed E-state index contributed by atoms with van der Waals surface area (Å²) < 4.78 is 43.8. The lowest BCUT2D eigenvalue weighted by molar-refractivity contribution is -0.137. The standard InChI is InChI=1S/C19H18F3N3O3/c20-19(21,22)14-3-1-4-15(8-14)25-18(27)13-7-12(9-23-10-13)17(26)24-11-16-5-2-6-28-16/h1,3-4,7-10,16H,2,5-6,11H2,(H,24,26)(H,25,27). The van der Waals surface area contributed by atoms with Crippen LogP contribution in [0.15, 0.2) is 42.7 Å². The van der Waals surface area contributed by atoms with Crippen molar-refractivity contribution in [3.8, 4) is 0 Å². The lowest BCUT2D eigenvalue weighted by Crippen LogP contribution is -2.32. The minimum atomic E-state index is -4.51. The summed E-state index contributed by atoms with van der Waals surface area (Å²) in [4.78, 5) is 28.4. The van der Waals surface area contributed by atoms with Gasteiger partial charge in [0, 0.05) is 31.2 Å². The number of hydrogen-bond donors (Lipinski definition) is 2. The lowest BCUT2D eigenvalue weighted by Gasteiger charge is -2.12. The van der Waals surface area contributed by atoms with Gasteiger partial charge >= 0.3 is 6.18 Å². The molecule has 9 heteroatoms. The smallest absolute Gasteiger partial charge is 0.376 e. The molecule has 1 aromatic heterocycles. The topological polar surface area (TPSA) is 80.3 Å². The van der Waals surface area contributed by atoms with Crippen LogP contribution >= 0.6 is 0 Å². The molecule has 2 aromatic rings. The van der Waals surface area contributed by atoms with Crippen LogP contribution in [0.5, 0.6) is 0 Å². The minimum absolute atomic E-state index is 0.00642. The molecule has 3 rings (SSSR count). The Labute approximate surface area is 159 Å². The van der Waals surface area contributed by atoms with Crippen molar-refractivity contribution in [3.05, 3.63) is 59.4 Å². The monoisotopic (exact) mass is 393 g/mol. The molecular formula is C19H18F3N3O3. The third kappa shape index (κ3) is 5.07. The molecule has 0 radical (unpaired) electrons. The molecule has 2 amide bonds. The Morgan fingerprint density at radius 1 is 1.14 bits per heavy atom. The second-order valence-corrected chi connectivity index (χ2v) is 6.34. The molecule has 1 aromatic carbocycles. The number of anilines is 1. The Morgan fingerprint density at radius 2 is 1.89 bits per heavy atom. The summed E-state index contributed by atoms with van der Waals surface area (Å²) in [6.45, 7) is 1.03. The fourth-order valence-corrected chi connectivity index (χ4v) is 2.78. The number of nitrogens with zero attached hydrogens (tertiary/aromatic N) is 1. The van der Waals surface area contributed by atoms with Gasteiger partial charge < -0.3 is 15.4 Å². The third-order valence-corrected chi connectivity index (χ3v) is 4.22. The van der Waals surface area contributed by atoms with Crippen LogP contribution in [-0.2, 0) is 10.9 Å². The summed E-state index contributed by atoms with van der Waals surface area (Å²) >= 11 is 0. The van der Waals surface area contributed by atoms with E-state index in [0.29, 0.717) is 13.2 Å². The molecule has 1 unspecified atom stereocenters. The van der Waals surface area contributed by atoms with Gasteiger partial charge in [-0.25, -0.2) is 0 Å². The summed E-state index contributed by atoms with van der Waals surface area (Å²) in [5.41, 5.74) is -0.643. The number of halogens is 3. The Balaban J connectivity index is 1.66. The number of nitrogens with one attached hydrogen (secondary N) is 2. The molecule has 1 atom stereocenters. The highest BCUT2D eigenvalue weighted by atomic mass is 19.4. The van der Waals surface area contributed by atoms with Gasteiger partial charge in [-0.3, -0.25) is 14.6 Å². The van der Waals surface area contributed by atoms with Crippen molar-refractivity contribution in [3.63, 3.8) is 0 Å². The van der Waals surface area contributed by atoms with Crippen molar-refractivity contribution in [1.29, 1.82) is 0 Å². The first-order valence-corrected chi connectivity index (χ1v) is 8.66. The van der Waals surface area contributed by atoms with Gasteiger partial charge in [0.2, 0.25) is 0 Å². The van der Waals surface area contributed by atoms with Gasteiger partial charge in [0.25, 0.3) is 11.8 Å². The van der Waals surface area contributed by atoms with E-state index in [1.807, 2.05) is 0 Å². The number of rotatable bonds is 5. The largest absolute Gasteiger partial charge is 0.416 e. The van der Waals surface area contributed by atoms with Crippen LogP contribution in [0.4, 0.5) is 18.9 Å². The minimum Gasteiger partial charge on any atom is -0.376 e. The van der Waals surface area contributed by atoms with E-state index in [0.717, 1.165) is 25.0 Å². The molecule has 1 fully saturated rings. The Kier molecular flexibility index (Phi) is 5.93. The van der Waals surface area contributed by atoms with Gasteiger partial charge in [-0.2, -0.15) is 13.2 Å². The first-order valence-electron chi connectivity index (χ1n) is 8.66.